The van der Waals surface area contributed by atoms with E-state index in [1.165, 1.54) is 141 Å². The fourth-order valence-corrected chi connectivity index (χ4v) is 6.36. The first kappa shape index (κ1) is 51.3. The predicted octanol–water partition coefficient (Wildman–Crippen LogP) is 10.00. The average molecular weight is 756 g/mol. The second-order valence-corrected chi connectivity index (χ2v) is 16.4. The molecular weight excluding hydrogens is 670 g/mol. The topological polar surface area (TPSA) is 111 Å². The molecule has 0 saturated heterocycles. The smallest absolute Gasteiger partial charge is 0.306 e. The molecule has 9 heteroatoms. The van der Waals surface area contributed by atoms with Crippen molar-refractivity contribution in [3.8, 4) is 0 Å². The van der Waals surface area contributed by atoms with E-state index in [1.807, 2.05) is 21.1 Å². The number of hydrogen-bond acceptors (Lipinski definition) is 8. The number of aliphatic carboxylic acids is 1. The summed E-state index contributed by atoms with van der Waals surface area (Å²) in [5.74, 6) is -2.28. The Bertz CT molecular complexity index is 846. The van der Waals surface area contributed by atoms with E-state index in [9.17, 15) is 19.5 Å². The fourth-order valence-electron chi connectivity index (χ4n) is 6.36. The molecule has 2 atom stereocenters. The Morgan fingerprint density at radius 1 is 0.491 bits per heavy atom. The van der Waals surface area contributed by atoms with Crippen molar-refractivity contribution in [1.82, 2.24) is 0 Å². The van der Waals surface area contributed by atoms with Crippen LogP contribution in [0.15, 0.2) is 0 Å². The maximum atomic E-state index is 12.7. The molecule has 0 amide bonds. The van der Waals surface area contributed by atoms with Crippen molar-refractivity contribution in [3.05, 3.63) is 0 Å². The summed E-state index contributed by atoms with van der Waals surface area (Å²) >= 11 is 0. The molecular formula is C44H85NO8. The van der Waals surface area contributed by atoms with Crippen LogP contribution in [0.2, 0.25) is 0 Å². The molecule has 0 N–H and O–H groups in total. The number of esters is 2. The Hall–Kier alpha value is -1.71. The van der Waals surface area contributed by atoms with E-state index in [1.54, 1.807) is 0 Å². The van der Waals surface area contributed by atoms with E-state index in [4.69, 9.17) is 18.9 Å². The molecule has 0 aromatic carbocycles. The third-order valence-corrected chi connectivity index (χ3v) is 9.85. The van der Waals surface area contributed by atoms with Gasteiger partial charge in [-0.15, -0.1) is 0 Å². The van der Waals surface area contributed by atoms with Gasteiger partial charge in [0, 0.05) is 12.8 Å². The van der Waals surface area contributed by atoms with Crippen LogP contribution in [0.3, 0.4) is 0 Å². The highest BCUT2D eigenvalue weighted by Crippen LogP contribution is 2.16. The summed E-state index contributed by atoms with van der Waals surface area (Å²) in [6.45, 7) is 4.72. The van der Waals surface area contributed by atoms with Gasteiger partial charge in [0.05, 0.1) is 40.3 Å². The summed E-state index contributed by atoms with van der Waals surface area (Å²) in [5.41, 5.74) is 0. The van der Waals surface area contributed by atoms with Gasteiger partial charge in [0.15, 0.2) is 12.4 Å². The molecule has 53 heavy (non-hydrogen) atoms. The van der Waals surface area contributed by atoms with Gasteiger partial charge in [-0.25, -0.2) is 0 Å². The van der Waals surface area contributed by atoms with Crippen LogP contribution in [0.1, 0.15) is 206 Å². The van der Waals surface area contributed by atoms with Crippen LogP contribution in [0.25, 0.3) is 0 Å². The molecule has 0 fully saturated rings. The molecule has 0 heterocycles. The van der Waals surface area contributed by atoms with E-state index < -0.39 is 24.3 Å². The maximum absolute atomic E-state index is 12.7. The van der Waals surface area contributed by atoms with Gasteiger partial charge in [-0.05, 0) is 12.8 Å². The minimum atomic E-state index is -1.61. The van der Waals surface area contributed by atoms with Gasteiger partial charge in [0.1, 0.15) is 13.2 Å². The molecule has 0 aromatic rings. The van der Waals surface area contributed by atoms with E-state index in [-0.39, 0.29) is 32.2 Å². The molecule has 314 valence electrons. The summed E-state index contributed by atoms with van der Waals surface area (Å²) < 4.78 is 22.4. The third-order valence-electron chi connectivity index (χ3n) is 9.85. The number of carbonyl (C=O) groups is 3. The molecule has 9 nitrogen and oxygen atoms in total. The second kappa shape index (κ2) is 37.2. The highest BCUT2D eigenvalue weighted by Gasteiger charge is 2.21. The molecule has 0 spiro atoms. The molecule has 0 rings (SSSR count). The largest absolute Gasteiger partial charge is 0.545 e. The average Bonchev–Trinajstić information content (AvgIpc) is 3.11. The van der Waals surface area contributed by atoms with Gasteiger partial charge in [0.2, 0.25) is 0 Å². The first-order chi connectivity index (χ1) is 25.6. The number of likely N-dealkylation sites (N-methyl/N-ethyl adjacent to an activating group) is 1. The van der Waals surface area contributed by atoms with Gasteiger partial charge in [-0.1, -0.05) is 181 Å². The minimum Gasteiger partial charge on any atom is -0.545 e. The lowest BCUT2D eigenvalue weighted by molar-refractivity contribution is -0.870. The molecule has 0 aromatic heterocycles. The van der Waals surface area contributed by atoms with Crippen molar-refractivity contribution in [2.24, 2.45) is 0 Å². The lowest BCUT2D eigenvalue weighted by Crippen LogP contribution is -2.44. The minimum absolute atomic E-state index is 0.152. The number of hydrogen-bond donors (Lipinski definition) is 0. The van der Waals surface area contributed by atoms with Crippen molar-refractivity contribution in [3.63, 3.8) is 0 Å². The Morgan fingerprint density at radius 3 is 1.21 bits per heavy atom. The quantitative estimate of drug-likeness (QED) is 0.0263. The van der Waals surface area contributed by atoms with E-state index >= 15 is 0 Å². The van der Waals surface area contributed by atoms with Gasteiger partial charge in [0.25, 0.3) is 0 Å². The van der Waals surface area contributed by atoms with Crippen molar-refractivity contribution < 1.29 is 42.9 Å². The fraction of sp³-hybridized carbons (Fsp3) is 0.932. The zero-order chi connectivity index (χ0) is 39.3. The zero-order valence-electron chi connectivity index (χ0n) is 35.4. The van der Waals surface area contributed by atoms with Crippen LogP contribution >= 0.6 is 0 Å². The molecule has 0 bridgehead atoms. The number of carbonyl (C=O) groups excluding carboxylic acids is 3. The number of ether oxygens (including phenoxy) is 4. The molecule has 0 radical (unpaired) electrons. The van der Waals surface area contributed by atoms with Crippen LogP contribution < -0.4 is 5.11 Å². The predicted molar refractivity (Wildman–Crippen MR) is 214 cm³/mol. The number of quaternary nitrogens is 1. The lowest BCUT2D eigenvalue weighted by atomic mass is 10.0. The summed E-state index contributed by atoms with van der Waals surface area (Å²) in [7, 11) is 5.91. The van der Waals surface area contributed by atoms with Crippen LogP contribution in [0.5, 0.6) is 0 Å². The Labute approximate surface area is 326 Å². The molecule has 0 aliphatic rings. The number of carboxylic acid groups (broad SMARTS) is 1. The van der Waals surface area contributed by atoms with Crippen LogP contribution in [0.4, 0.5) is 0 Å². The van der Waals surface area contributed by atoms with Crippen molar-refractivity contribution in [2.45, 2.75) is 219 Å². The first-order valence-corrected chi connectivity index (χ1v) is 22.2. The van der Waals surface area contributed by atoms with Gasteiger partial charge < -0.3 is 33.3 Å². The number of rotatable bonds is 41. The number of carboxylic acids is 1. The molecule has 0 aliphatic carbocycles. The van der Waals surface area contributed by atoms with E-state index in [2.05, 4.69) is 13.8 Å². The summed E-state index contributed by atoms with van der Waals surface area (Å²) in [5, 5.41) is 11.6. The summed E-state index contributed by atoms with van der Waals surface area (Å²) in [6.07, 6.45) is 33.0. The van der Waals surface area contributed by atoms with Crippen LogP contribution in [-0.4, -0.2) is 82.3 Å². The van der Waals surface area contributed by atoms with Crippen LogP contribution in [0, 0.1) is 0 Å². The standard InChI is InChI=1S/C44H85NO8/c1-6-8-10-12-14-15-16-17-18-19-20-21-22-23-24-25-26-27-29-31-33-35-42(47)53-40(38-51-41(46)34-32-30-28-13-11-9-7-2)39-52-44(43(48)49)50-37-36-45(3,4)5/h40,44H,6-39H2,1-5H3. The van der Waals surface area contributed by atoms with Crippen molar-refractivity contribution in [1.29, 1.82) is 0 Å². The van der Waals surface area contributed by atoms with Gasteiger partial charge in [-0.3, -0.25) is 9.59 Å². The lowest BCUT2D eigenvalue weighted by Gasteiger charge is -2.26. The summed E-state index contributed by atoms with van der Waals surface area (Å²) in [6, 6.07) is 0. The first-order valence-electron chi connectivity index (χ1n) is 22.2. The molecule has 0 saturated carbocycles. The SMILES string of the molecule is CCCCCCCCCCCCCCCCCCCCCCCC(=O)OC(COC(=O)CCCCCCCCC)COC(OCC[N+](C)(C)C)C(=O)[O-]. The normalized spacial score (nSPS) is 12.8. The van der Waals surface area contributed by atoms with Crippen molar-refractivity contribution >= 4 is 17.9 Å². The van der Waals surface area contributed by atoms with Gasteiger partial charge in [-0.2, -0.15) is 0 Å². The Kier molecular flexibility index (Phi) is 36.0. The highest BCUT2D eigenvalue weighted by atomic mass is 16.7. The zero-order valence-corrected chi connectivity index (χ0v) is 35.4. The molecule has 0 aliphatic heterocycles. The maximum Gasteiger partial charge on any atom is 0.306 e. The Morgan fingerprint density at radius 2 is 0.849 bits per heavy atom. The second-order valence-electron chi connectivity index (χ2n) is 16.4. The highest BCUT2D eigenvalue weighted by molar-refractivity contribution is 5.70. The van der Waals surface area contributed by atoms with E-state index in [0.717, 1.165) is 38.5 Å². The van der Waals surface area contributed by atoms with Crippen molar-refractivity contribution in [2.75, 3.05) is 47.5 Å². The van der Waals surface area contributed by atoms with E-state index in [0.29, 0.717) is 17.4 Å². The number of unbranched alkanes of at least 4 members (excludes halogenated alkanes) is 26. The third kappa shape index (κ3) is 38.4. The number of nitrogens with zero attached hydrogens (tertiary/aromatic N) is 1. The molecule has 2 unspecified atom stereocenters. The Balaban J connectivity index is 4.22. The monoisotopic (exact) mass is 756 g/mol. The summed E-state index contributed by atoms with van der Waals surface area (Å²) in [4.78, 5) is 36.7. The van der Waals surface area contributed by atoms with Gasteiger partial charge >= 0.3 is 11.9 Å². The van der Waals surface area contributed by atoms with Crippen LogP contribution in [-0.2, 0) is 33.3 Å².